The predicted molar refractivity (Wildman–Crippen MR) is 182 cm³/mol. The van der Waals surface area contributed by atoms with Gasteiger partial charge in [-0.25, -0.2) is 0 Å². The number of fused-ring (bicyclic) bond motifs is 2. The number of carbonyl (C=O) groups is 3. The van der Waals surface area contributed by atoms with Gasteiger partial charge in [0.25, 0.3) is 5.91 Å². The first kappa shape index (κ1) is 29.0. The second-order valence-corrected chi connectivity index (χ2v) is 12.6. The van der Waals surface area contributed by atoms with Crippen LogP contribution in [0.5, 0.6) is 0 Å². The molecule has 2 unspecified atom stereocenters. The van der Waals surface area contributed by atoms with E-state index in [-0.39, 0.29) is 10.9 Å². The van der Waals surface area contributed by atoms with Gasteiger partial charge >= 0.3 is 0 Å². The fourth-order valence-electron chi connectivity index (χ4n) is 6.99. The molecule has 0 aromatic heterocycles. The van der Waals surface area contributed by atoms with E-state index in [9.17, 15) is 0 Å². The van der Waals surface area contributed by atoms with Gasteiger partial charge in [0.05, 0.1) is 17.2 Å². The maximum atomic E-state index is 15.2. The quantitative estimate of drug-likeness (QED) is 0.109. The number of hydrogen-bond donors (Lipinski definition) is 1. The second-order valence-electron chi connectivity index (χ2n) is 11.3. The molecule has 0 radical (unpaired) electrons. The molecule has 5 aromatic rings. The molecule has 2 heterocycles. The Balaban J connectivity index is 1.55. The Morgan fingerprint density at radius 2 is 1.22 bits per heavy atom. The largest absolute Gasteiger partial charge is 0.360 e. The van der Waals surface area contributed by atoms with Crippen molar-refractivity contribution in [3.05, 3.63) is 172 Å². The Hall–Kier alpha value is -4.72. The van der Waals surface area contributed by atoms with E-state index in [1.807, 2.05) is 91.0 Å². The second kappa shape index (κ2) is 11.3. The molecule has 5 nitrogen and oxygen atoms in total. The Kier molecular flexibility index (Phi) is 7.30. The molecule has 2 aliphatic heterocycles. The third kappa shape index (κ3) is 4.33. The summed E-state index contributed by atoms with van der Waals surface area (Å²) in [5.41, 5.74) is 0.103. The predicted octanol–water partition coefficient (Wildman–Crippen LogP) is 7.66. The summed E-state index contributed by atoms with van der Waals surface area (Å²) in [6, 6.07) is 42.2. The van der Waals surface area contributed by atoms with E-state index in [0.717, 1.165) is 5.56 Å². The zero-order chi connectivity index (χ0) is 31.2. The number of rotatable bonds is 7. The number of thiocarbonyl (C=S) groups is 1. The Bertz CT molecular complexity index is 1910. The minimum atomic E-state index is -1.95. The molecule has 45 heavy (non-hydrogen) atoms. The highest BCUT2D eigenvalue weighted by molar-refractivity contribution is 9.10. The van der Waals surface area contributed by atoms with Crippen LogP contribution in [0.1, 0.15) is 43.3 Å². The molecule has 7 heteroatoms. The monoisotopic (exact) mass is 670 g/mol. The first-order valence-electron chi connectivity index (χ1n) is 14.6. The molecule has 2 aliphatic rings. The van der Waals surface area contributed by atoms with Crippen molar-refractivity contribution in [1.29, 1.82) is 0 Å². The smallest absolute Gasteiger partial charge is 0.258 e. The van der Waals surface area contributed by atoms with Gasteiger partial charge in [0.15, 0.2) is 22.5 Å². The van der Waals surface area contributed by atoms with Gasteiger partial charge in [0.2, 0.25) is 0 Å². The number of Topliss-reactive ketones (excluding diaryl/α,β-unsaturated/α-hetero) is 2. The van der Waals surface area contributed by atoms with Crippen molar-refractivity contribution < 1.29 is 14.4 Å². The van der Waals surface area contributed by atoms with Crippen LogP contribution in [0.2, 0.25) is 0 Å². The Morgan fingerprint density at radius 3 is 1.82 bits per heavy atom. The van der Waals surface area contributed by atoms with Crippen LogP contribution in [0.4, 0.5) is 5.69 Å². The number of halogens is 1. The molecular weight excluding hydrogens is 644 g/mol. The third-order valence-corrected chi connectivity index (χ3v) is 10.1. The number of para-hydroxylation sites is 1. The average molecular weight is 672 g/mol. The lowest BCUT2D eigenvalue weighted by molar-refractivity contribution is -0.124. The van der Waals surface area contributed by atoms with E-state index in [1.54, 1.807) is 53.4 Å². The Morgan fingerprint density at radius 1 is 0.711 bits per heavy atom. The lowest BCUT2D eigenvalue weighted by Gasteiger charge is -2.38. The number of nitrogens with zero attached hydrogens (tertiary/aromatic N) is 1. The molecule has 0 aliphatic carbocycles. The zero-order valence-electron chi connectivity index (χ0n) is 24.0. The van der Waals surface area contributed by atoms with E-state index in [4.69, 9.17) is 12.2 Å². The molecule has 0 bridgehead atoms. The summed E-state index contributed by atoms with van der Waals surface area (Å²) in [4.78, 5) is 47.2. The fraction of sp³-hybridized carbons (Fsp3) is 0.105. The molecule has 1 fully saturated rings. The average Bonchev–Trinajstić information content (AvgIpc) is 3.49. The molecule has 1 spiro atoms. The molecule has 7 rings (SSSR count). The number of amides is 1. The summed E-state index contributed by atoms with van der Waals surface area (Å²) in [6.45, 7) is 0.307. The van der Waals surface area contributed by atoms with Gasteiger partial charge in [0, 0.05) is 27.1 Å². The maximum Gasteiger partial charge on any atom is 0.258 e. The van der Waals surface area contributed by atoms with Gasteiger partial charge in [-0.1, -0.05) is 156 Å². The summed E-state index contributed by atoms with van der Waals surface area (Å²) in [5, 5.41) is 3.40. The van der Waals surface area contributed by atoms with E-state index in [0.29, 0.717) is 39.0 Å². The zero-order valence-corrected chi connectivity index (χ0v) is 26.4. The summed E-state index contributed by atoms with van der Waals surface area (Å²) >= 11 is 9.88. The molecule has 2 atom stereocenters. The molecule has 220 valence electrons. The van der Waals surface area contributed by atoms with Crippen LogP contribution in [-0.2, 0) is 16.9 Å². The van der Waals surface area contributed by atoms with Crippen LogP contribution in [0.15, 0.2) is 144 Å². The summed E-state index contributed by atoms with van der Waals surface area (Å²) < 4.78 is 0.666. The molecule has 1 N–H and O–H groups in total. The van der Waals surface area contributed by atoms with Crippen molar-refractivity contribution in [1.82, 2.24) is 5.32 Å². The van der Waals surface area contributed by atoms with Crippen LogP contribution < -0.4 is 10.2 Å². The van der Waals surface area contributed by atoms with E-state index < -0.39 is 28.4 Å². The van der Waals surface area contributed by atoms with Crippen LogP contribution in [-0.4, -0.2) is 22.5 Å². The number of hydrogen-bond acceptors (Lipinski definition) is 4. The number of carbonyl (C=O) groups excluding carboxylic acids is 3. The van der Waals surface area contributed by atoms with Crippen molar-refractivity contribution in [2.75, 3.05) is 4.90 Å². The van der Waals surface area contributed by atoms with Crippen molar-refractivity contribution in [3.63, 3.8) is 0 Å². The fourth-order valence-corrected chi connectivity index (χ4v) is 7.97. The standard InChI is InChI=1S/C38H27BrN2O3S/c39-30-22-12-10-20-28(30)32-37(33(42)26-16-6-2-7-17-26,34(43)27-18-8-3-9-19-27)35(45)40-38(32)29-21-11-13-23-31(29)41(36(38)44)24-25-14-4-1-5-15-25/h1-23,32H,24H2,(H,40,45). The van der Waals surface area contributed by atoms with Crippen LogP contribution in [0.3, 0.4) is 0 Å². The normalized spacial score (nSPS) is 19.8. The minimum absolute atomic E-state index is 0.0238. The van der Waals surface area contributed by atoms with Crippen LogP contribution >= 0.6 is 28.1 Å². The van der Waals surface area contributed by atoms with Crippen molar-refractivity contribution in [2.45, 2.75) is 18.0 Å². The van der Waals surface area contributed by atoms with Crippen LogP contribution in [0, 0.1) is 5.41 Å². The first-order chi connectivity index (χ1) is 21.9. The van der Waals surface area contributed by atoms with Crippen LogP contribution in [0.25, 0.3) is 0 Å². The summed E-state index contributed by atoms with van der Waals surface area (Å²) in [5.74, 6) is -2.24. The van der Waals surface area contributed by atoms with E-state index >= 15 is 14.4 Å². The van der Waals surface area contributed by atoms with Gasteiger partial charge in [-0.3, -0.25) is 14.4 Å². The lowest BCUT2D eigenvalue weighted by atomic mass is 9.59. The number of ketones is 2. The first-order valence-corrected chi connectivity index (χ1v) is 15.8. The van der Waals surface area contributed by atoms with Gasteiger partial charge in [-0.05, 0) is 23.3 Å². The molecular formula is C38H27BrN2O3S. The highest BCUT2D eigenvalue weighted by Gasteiger charge is 2.73. The van der Waals surface area contributed by atoms with Crippen molar-refractivity contribution in [3.8, 4) is 0 Å². The SMILES string of the molecule is O=C(c1ccccc1)C1(C(=O)c2ccccc2)C(=S)NC2(C(=O)N(Cc3ccccc3)c3ccccc32)C1c1ccccc1Br. The highest BCUT2D eigenvalue weighted by atomic mass is 79.9. The molecule has 0 saturated carbocycles. The van der Waals surface area contributed by atoms with E-state index in [2.05, 4.69) is 21.2 Å². The minimum Gasteiger partial charge on any atom is -0.360 e. The number of benzene rings is 5. The topological polar surface area (TPSA) is 66.5 Å². The molecule has 1 saturated heterocycles. The van der Waals surface area contributed by atoms with Gasteiger partial charge < -0.3 is 10.2 Å². The van der Waals surface area contributed by atoms with E-state index in [1.165, 1.54) is 0 Å². The third-order valence-electron chi connectivity index (χ3n) is 8.93. The molecule has 1 amide bonds. The van der Waals surface area contributed by atoms with Crippen molar-refractivity contribution >= 4 is 56.3 Å². The number of nitrogens with one attached hydrogen (secondary N) is 1. The molecule has 5 aromatic carbocycles. The highest BCUT2D eigenvalue weighted by Crippen LogP contribution is 2.62. The van der Waals surface area contributed by atoms with Gasteiger partial charge in [-0.2, -0.15) is 0 Å². The Labute approximate surface area is 275 Å². The van der Waals surface area contributed by atoms with Gasteiger partial charge in [-0.15, -0.1) is 0 Å². The summed E-state index contributed by atoms with van der Waals surface area (Å²) in [7, 11) is 0. The lowest BCUT2D eigenvalue weighted by Crippen LogP contribution is -2.52. The maximum absolute atomic E-state index is 15.2. The summed E-state index contributed by atoms with van der Waals surface area (Å²) in [6.07, 6.45) is 0. The van der Waals surface area contributed by atoms with Crippen molar-refractivity contribution in [2.24, 2.45) is 5.41 Å². The van der Waals surface area contributed by atoms with Gasteiger partial charge in [0.1, 0.15) is 0 Å². The number of anilines is 1.